The molecule has 6 heteroatoms. The van der Waals surface area contributed by atoms with Crippen LogP contribution in [0.4, 0.5) is 0 Å². The molecule has 0 N–H and O–H groups in total. The van der Waals surface area contributed by atoms with Gasteiger partial charge >= 0.3 is 0 Å². The van der Waals surface area contributed by atoms with Crippen LogP contribution < -0.4 is 9.47 Å². The van der Waals surface area contributed by atoms with Crippen LogP contribution in [0.15, 0.2) is 121 Å². The summed E-state index contributed by atoms with van der Waals surface area (Å²) in [5.74, 6) is 0.551. The molecule has 0 aliphatic carbocycles. The van der Waals surface area contributed by atoms with E-state index >= 15 is 0 Å². The van der Waals surface area contributed by atoms with Crippen molar-refractivity contribution in [1.82, 2.24) is 9.13 Å². The first-order chi connectivity index (χ1) is 22.9. The molecule has 0 unspecified atom stereocenters. The fourth-order valence-corrected chi connectivity index (χ4v) is 7.10. The SMILES string of the molecule is CC1(C)Oc2ccc(-n3c4ccccc4c4ccccc43)cc2-c2cc(-n3c4ccc(C#N)cc4c4cc(C#N)ccc43)ccc2O1. The smallest absolute Gasteiger partial charge is 0.245 e. The van der Waals surface area contributed by atoms with Crippen molar-refractivity contribution in [2.45, 2.75) is 19.6 Å². The van der Waals surface area contributed by atoms with Crippen molar-refractivity contribution < 1.29 is 9.47 Å². The van der Waals surface area contributed by atoms with Gasteiger partial charge in [0.05, 0.1) is 45.3 Å². The van der Waals surface area contributed by atoms with E-state index in [1.54, 1.807) is 0 Å². The maximum atomic E-state index is 9.66. The zero-order valence-electron chi connectivity index (χ0n) is 25.7. The molecule has 0 saturated carbocycles. The molecule has 0 saturated heterocycles. The quantitative estimate of drug-likeness (QED) is 0.196. The second-order valence-electron chi connectivity index (χ2n) is 12.4. The van der Waals surface area contributed by atoms with Crippen molar-refractivity contribution in [3.05, 3.63) is 132 Å². The number of hydrogen-bond donors (Lipinski definition) is 0. The van der Waals surface area contributed by atoms with Crippen LogP contribution in [-0.2, 0) is 0 Å². The Morgan fingerprint density at radius 2 is 0.915 bits per heavy atom. The van der Waals surface area contributed by atoms with E-state index in [0.29, 0.717) is 11.1 Å². The lowest BCUT2D eigenvalue weighted by molar-refractivity contribution is -0.0778. The highest BCUT2D eigenvalue weighted by Crippen LogP contribution is 2.46. The number of nitrogens with zero attached hydrogens (tertiary/aromatic N) is 4. The lowest BCUT2D eigenvalue weighted by Crippen LogP contribution is -2.34. The fourth-order valence-electron chi connectivity index (χ4n) is 7.10. The summed E-state index contributed by atoms with van der Waals surface area (Å²) in [5, 5.41) is 23.6. The number of ether oxygens (including phenoxy) is 2. The Labute approximate surface area is 270 Å². The minimum atomic E-state index is -0.899. The monoisotopic (exact) mass is 606 g/mol. The highest BCUT2D eigenvalue weighted by Gasteiger charge is 2.30. The average Bonchev–Trinajstić information content (AvgIpc) is 3.56. The molecule has 1 aliphatic heterocycles. The summed E-state index contributed by atoms with van der Waals surface area (Å²) in [6.07, 6.45) is 0. The van der Waals surface area contributed by atoms with Crippen molar-refractivity contribution in [3.63, 3.8) is 0 Å². The predicted octanol–water partition coefficient (Wildman–Crippen LogP) is 9.80. The lowest BCUT2D eigenvalue weighted by Gasteiger charge is -2.25. The van der Waals surface area contributed by atoms with Crippen LogP contribution in [0.2, 0.25) is 0 Å². The number of benzene rings is 6. The first-order valence-corrected chi connectivity index (χ1v) is 15.5. The third-order valence-electron chi connectivity index (χ3n) is 9.05. The summed E-state index contributed by atoms with van der Waals surface area (Å²) in [6.45, 7) is 3.85. The standard InChI is InChI=1S/C41H26N4O2/c1-41(2)46-39-17-13-27(44-35-9-5-3-7-29(35)30-8-4-6-10-36(30)44)21-33(39)34-22-28(14-18-40(34)47-41)45-37-15-11-25(23-42)19-31(37)32-20-26(24-43)12-16-38(32)45/h3-22H,1-2H3. The zero-order valence-corrected chi connectivity index (χ0v) is 25.7. The minimum absolute atomic E-state index is 0.570. The van der Waals surface area contributed by atoms with E-state index in [1.807, 2.05) is 68.4 Å². The van der Waals surface area contributed by atoms with Gasteiger partial charge in [-0.2, -0.15) is 10.5 Å². The van der Waals surface area contributed by atoms with Gasteiger partial charge in [-0.15, -0.1) is 0 Å². The van der Waals surface area contributed by atoms with E-state index in [2.05, 4.69) is 88.0 Å². The Bertz CT molecular complexity index is 2570. The highest BCUT2D eigenvalue weighted by molar-refractivity contribution is 6.11. The van der Waals surface area contributed by atoms with Crippen molar-refractivity contribution in [3.8, 4) is 46.1 Å². The zero-order chi connectivity index (χ0) is 31.9. The summed E-state index contributed by atoms with van der Waals surface area (Å²) in [6, 6.07) is 45.4. The van der Waals surface area contributed by atoms with Crippen molar-refractivity contribution in [2.24, 2.45) is 0 Å². The Morgan fingerprint density at radius 1 is 0.489 bits per heavy atom. The molecular weight excluding hydrogens is 580 g/mol. The molecule has 6 nitrogen and oxygen atoms in total. The van der Waals surface area contributed by atoms with E-state index in [0.717, 1.165) is 66.8 Å². The van der Waals surface area contributed by atoms with Gasteiger partial charge in [-0.1, -0.05) is 36.4 Å². The van der Waals surface area contributed by atoms with E-state index in [-0.39, 0.29) is 0 Å². The number of para-hydroxylation sites is 2. The van der Waals surface area contributed by atoms with Crippen molar-refractivity contribution in [1.29, 1.82) is 10.5 Å². The Hall–Kier alpha value is -6.50. The summed E-state index contributed by atoms with van der Waals surface area (Å²) < 4.78 is 17.5. The third kappa shape index (κ3) is 4.02. The van der Waals surface area contributed by atoms with Crippen LogP contribution in [-0.4, -0.2) is 14.9 Å². The molecule has 0 atom stereocenters. The number of aromatic nitrogens is 2. The number of fused-ring (bicyclic) bond motifs is 9. The molecule has 3 heterocycles. The molecule has 222 valence electrons. The van der Waals surface area contributed by atoms with Crippen LogP contribution in [0.5, 0.6) is 11.5 Å². The first kappa shape index (κ1) is 26.9. The van der Waals surface area contributed by atoms with Gasteiger partial charge in [0.1, 0.15) is 11.5 Å². The maximum Gasteiger partial charge on any atom is 0.245 e. The third-order valence-corrected chi connectivity index (χ3v) is 9.05. The maximum absolute atomic E-state index is 9.66. The second-order valence-corrected chi connectivity index (χ2v) is 12.4. The van der Waals surface area contributed by atoms with E-state index in [4.69, 9.17) is 9.47 Å². The van der Waals surface area contributed by atoms with Gasteiger partial charge in [0.15, 0.2) is 0 Å². The Kier molecular flexibility index (Phi) is 5.57. The molecule has 6 aromatic carbocycles. The van der Waals surface area contributed by atoms with E-state index in [1.165, 1.54) is 10.8 Å². The average molecular weight is 607 g/mol. The molecule has 8 aromatic rings. The molecule has 0 amide bonds. The molecule has 47 heavy (non-hydrogen) atoms. The largest absolute Gasteiger partial charge is 0.452 e. The van der Waals surface area contributed by atoms with Crippen LogP contribution >= 0.6 is 0 Å². The lowest BCUT2D eigenvalue weighted by atomic mass is 10.0. The van der Waals surface area contributed by atoms with Gasteiger partial charge in [-0.3, -0.25) is 0 Å². The summed E-state index contributed by atoms with van der Waals surface area (Å²) >= 11 is 0. The molecule has 0 radical (unpaired) electrons. The van der Waals surface area contributed by atoms with Crippen LogP contribution in [0, 0.1) is 22.7 Å². The molecule has 0 fully saturated rings. The normalized spacial score (nSPS) is 13.4. The van der Waals surface area contributed by atoms with Crippen molar-refractivity contribution in [2.75, 3.05) is 0 Å². The topological polar surface area (TPSA) is 75.9 Å². The summed E-state index contributed by atoms with van der Waals surface area (Å²) in [5.41, 5.74) is 9.06. The molecule has 0 spiro atoms. The van der Waals surface area contributed by atoms with Gasteiger partial charge in [0.2, 0.25) is 5.79 Å². The van der Waals surface area contributed by atoms with Gasteiger partial charge < -0.3 is 18.6 Å². The number of rotatable bonds is 2. The molecule has 0 bridgehead atoms. The van der Waals surface area contributed by atoms with Gasteiger partial charge in [0, 0.05) is 57.9 Å². The van der Waals surface area contributed by atoms with Gasteiger partial charge in [-0.25, -0.2) is 0 Å². The van der Waals surface area contributed by atoms with E-state index < -0.39 is 5.79 Å². The van der Waals surface area contributed by atoms with Crippen LogP contribution in [0.25, 0.3) is 66.1 Å². The highest BCUT2D eigenvalue weighted by atomic mass is 16.7. The summed E-state index contributed by atoms with van der Waals surface area (Å²) in [7, 11) is 0. The molecule has 2 aromatic heterocycles. The van der Waals surface area contributed by atoms with E-state index in [9.17, 15) is 10.5 Å². The van der Waals surface area contributed by atoms with Gasteiger partial charge in [-0.05, 0) is 84.9 Å². The predicted molar refractivity (Wildman–Crippen MR) is 185 cm³/mol. The van der Waals surface area contributed by atoms with Crippen molar-refractivity contribution >= 4 is 43.6 Å². The molecule has 1 aliphatic rings. The molecular formula is C41H26N4O2. The summed E-state index contributed by atoms with van der Waals surface area (Å²) in [4.78, 5) is 0. The Balaban J connectivity index is 1.31. The minimum Gasteiger partial charge on any atom is -0.452 e. The Morgan fingerprint density at radius 3 is 1.36 bits per heavy atom. The number of nitriles is 2. The van der Waals surface area contributed by atoms with Crippen LogP contribution in [0.3, 0.4) is 0 Å². The second kappa shape index (κ2) is 9.75. The van der Waals surface area contributed by atoms with Gasteiger partial charge in [0.25, 0.3) is 0 Å². The fraction of sp³-hybridized carbons (Fsp3) is 0.0732. The van der Waals surface area contributed by atoms with Crippen LogP contribution in [0.1, 0.15) is 25.0 Å². The first-order valence-electron chi connectivity index (χ1n) is 15.5. The molecule has 9 rings (SSSR count). The number of hydrogen-bond acceptors (Lipinski definition) is 4.